The second-order valence-corrected chi connectivity index (χ2v) is 8.10. The summed E-state index contributed by atoms with van der Waals surface area (Å²) in [6.45, 7) is 11.7. The summed E-state index contributed by atoms with van der Waals surface area (Å²) in [5.74, 6) is 0.789. The fraction of sp³-hybridized carbons (Fsp3) is 0.762. The second kappa shape index (κ2) is 9.00. The van der Waals surface area contributed by atoms with Crippen LogP contribution in [-0.2, 0) is 6.42 Å². The molecule has 2 aliphatic rings. The average molecular weight is 346 g/mol. The molecule has 2 saturated heterocycles. The maximum Gasteiger partial charge on any atom is 0.213 e. The van der Waals surface area contributed by atoms with E-state index >= 15 is 0 Å². The van der Waals surface area contributed by atoms with Crippen molar-refractivity contribution in [3.63, 3.8) is 0 Å². The summed E-state index contributed by atoms with van der Waals surface area (Å²) in [6, 6.07) is 5.51. The molecule has 2 fully saturated rings. The van der Waals surface area contributed by atoms with Crippen LogP contribution in [0.15, 0.2) is 18.3 Å². The molecule has 0 N–H and O–H groups in total. The third-order valence-electron chi connectivity index (χ3n) is 5.84. The summed E-state index contributed by atoms with van der Waals surface area (Å²) in [5, 5.41) is 0. The Morgan fingerprint density at radius 3 is 2.32 bits per heavy atom. The SMILES string of the molecule is CC(C)N1CCC(Oc2ccc(CC(C)N3CCCCC3)cn2)CC1. The number of piperidine rings is 2. The average Bonchev–Trinajstić information content (AvgIpc) is 2.64. The van der Waals surface area contributed by atoms with E-state index in [1.54, 1.807) is 0 Å². The van der Waals surface area contributed by atoms with Crippen LogP contribution >= 0.6 is 0 Å². The number of aromatic nitrogens is 1. The molecule has 25 heavy (non-hydrogen) atoms. The van der Waals surface area contributed by atoms with Gasteiger partial charge in [-0.15, -0.1) is 0 Å². The minimum Gasteiger partial charge on any atom is -0.474 e. The molecule has 3 rings (SSSR count). The van der Waals surface area contributed by atoms with Gasteiger partial charge in [-0.05, 0) is 71.5 Å². The number of ether oxygens (including phenoxy) is 1. The molecule has 0 radical (unpaired) electrons. The highest BCUT2D eigenvalue weighted by molar-refractivity contribution is 5.19. The van der Waals surface area contributed by atoms with Crippen LogP contribution in [0.1, 0.15) is 58.4 Å². The Bertz CT molecular complexity index is 502. The van der Waals surface area contributed by atoms with Crippen molar-refractivity contribution in [3.05, 3.63) is 23.9 Å². The van der Waals surface area contributed by atoms with Gasteiger partial charge in [0.05, 0.1) is 0 Å². The molecule has 0 saturated carbocycles. The van der Waals surface area contributed by atoms with Crippen LogP contribution in [0.2, 0.25) is 0 Å². The monoisotopic (exact) mass is 345 g/mol. The van der Waals surface area contributed by atoms with E-state index in [1.807, 2.05) is 6.20 Å². The third-order valence-corrected chi connectivity index (χ3v) is 5.84. The fourth-order valence-electron chi connectivity index (χ4n) is 4.11. The van der Waals surface area contributed by atoms with E-state index < -0.39 is 0 Å². The van der Waals surface area contributed by atoms with Crippen LogP contribution in [0.25, 0.3) is 0 Å². The van der Waals surface area contributed by atoms with Crippen LogP contribution < -0.4 is 4.74 Å². The van der Waals surface area contributed by atoms with Crippen molar-refractivity contribution in [1.29, 1.82) is 0 Å². The number of hydrogen-bond donors (Lipinski definition) is 0. The standard InChI is InChI=1S/C21H35N3O/c1-17(2)23-13-9-20(10-14-23)25-21-8-7-19(16-22-21)15-18(3)24-11-5-4-6-12-24/h7-8,16-18,20H,4-6,9-15H2,1-3H3. The zero-order valence-corrected chi connectivity index (χ0v) is 16.3. The smallest absolute Gasteiger partial charge is 0.213 e. The van der Waals surface area contributed by atoms with Gasteiger partial charge in [0.2, 0.25) is 5.88 Å². The minimum absolute atomic E-state index is 0.320. The molecule has 1 aromatic heterocycles. The summed E-state index contributed by atoms with van der Waals surface area (Å²) >= 11 is 0. The maximum absolute atomic E-state index is 6.11. The van der Waals surface area contributed by atoms with Gasteiger partial charge in [-0.1, -0.05) is 12.5 Å². The molecule has 140 valence electrons. The van der Waals surface area contributed by atoms with E-state index in [-0.39, 0.29) is 0 Å². The van der Waals surface area contributed by atoms with Gasteiger partial charge in [-0.3, -0.25) is 0 Å². The summed E-state index contributed by atoms with van der Waals surface area (Å²) in [6.07, 6.45) is 9.73. The van der Waals surface area contributed by atoms with Gasteiger partial charge in [-0.25, -0.2) is 4.98 Å². The molecule has 4 nitrogen and oxygen atoms in total. The Hall–Kier alpha value is -1.13. The highest BCUT2D eigenvalue weighted by Crippen LogP contribution is 2.20. The van der Waals surface area contributed by atoms with Gasteiger partial charge in [-0.2, -0.15) is 0 Å². The van der Waals surface area contributed by atoms with Crippen LogP contribution in [0, 0.1) is 0 Å². The first-order valence-corrected chi connectivity index (χ1v) is 10.2. The lowest BCUT2D eigenvalue weighted by Gasteiger charge is -2.34. The van der Waals surface area contributed by atoms with E-state index in [4.69, 9.17) is 4.74 Å². The Balaban J connectivity index is 1.46. The molecule has 0 aliphatic carbocycles. The van der Waals surface area contributed by atoms with E-state index in [2.05, 4.69) is 47.7 Å². The molecule has 4 heteroatoms. The molecule has 0 amide bonds. The quantitative estimate of drug-likeness (QED) is 0.785. The zero-order valence-electron chi connectivity index (χ0n) is 16.3. The number of pyridine rings is 1. The Morgan fingerprint density at radius 1 is 1.00 bits per heavy atom. The van der Waals surface area contributed by atoms with Crippen molar-refractivity contribution < 1.29 is 4.74 Å². The van der Waals surface area contributed by atoms with Gasteiger partial charge in [0.25, 0.3) is 0 Å². The predicted molar refractivity (Wildman–Crippen MR) is 103 cm³/mol. The molecule has 3 heterocycles. The van der Waals surface area contributed by atoms with Crippen molar-refractivity contribution >= 4 is 0 Å². The van der Waals surface area contributed by atoms with E-state index in [9.17, 15) is 0 Å². The van der Waals surface area contributed by atoms with E-state index in [1.165, 1.54) is 37.9 Å². The van der Waals surface area contributed by atoms with E-state index in [0.717, 1.165) is 38.2 Å². The largest absolute Gasteiger partial charge is 0.474 e. The normalized spacial score (nSPS) is 22.2. The Labute approximate surface area is 153 Å². The lowest BCUT2D eigenvalue weighted by molar-refractivity contribution is 0.0812. The van der Waals surface area contributed by atoms with Crippen molar-refractivity contribution in [3.8, 4) is 5.88 Å². The summed E-state index contributed by atoms with van der Waals surface area (Å²) in [5.41, 5.74) is 1.32. The number of hydrogen-bond acceptors (Lipinski definition) is 4. The van der Waals surface area contributed by atoms with E-state index in [0.29, 0.717) is 18.2 Å². The molecular formula is C21H35N3O. The fourth-order valence-corrected chi connectivity index (χ4v) is 4.11. The summed E-state index contributed by atoms with van der Waals surface area (Å²) < 4.78 is 6.11. The van der Waals surface area contributed by atoms with Gasteiger partial charge >= 0.3 is 0 Å². The second-order valence-electron chi connectivity index (χ2n) is 8.10. The third kappa shape index (κ3) is 5.42. The van der Waals surface area contributed by atoms with Gasteiger partial charge in [0.1, 0.15) is 6.10 Å². The molecule has 1 aromatic rings. The van der Waals surface area contributed by atoms with Crippen molar-refractivity contribution in [1.82, 2.24) is 14.8 Å². The molecule has 1 unspecified atom stereocenters. The molecule has 1 atom stereocenters. The highest BCUT2D eigenvalue weighted by atomic mass is 16.5. The number of rotatable bonds is 6. The van der Waals surface area contributed by atoms with Crippen molar-refractivity contribution in [2.45, 2.75) is 77.5 Å². The van der Waals surface area contributed by atoms with Crippen LogP contribution in [0.5, 0.6) is 5.88 Å². The number of nitrogens with zero attached hydrogens (tertiary/aromatic N) is 3. The Kier molecular flexibility index (Phi) is 6.71. The predicted octanol–water partition coefficient (Wildman–Crippen LogP) is 3.75. The van der Waals surface area contributed by atoms with Gasteiger partial charge in [0.15, 0.2) is 0 Å². The lowest BCUT2D eigenvalue weighted by Crippen LogP contribution is -2.41. The van der Waals surface area contributed by atoms with Crippen LogP contribution in [0.3, 0.4) is 0 Å². The summed E-state index contributed by atoms with van der Waals surface area (Å²) in [7, 11) is 0. The topological polar surface area (TPSA) is 28.6 Å². The molecular weight excluding hydrogens is 310 g/mol. The van der Waals surface area contributed by atoms with Crippen molar-refractivity contribution in [2.75, 3.05) is 26.2 Å². The lowest BCUT2D eigenvalue weighted by atomic mass is 10.0. The number of likely N-dealkylation sites (tertiary alicyclic amines) is 2. The highest BCUT2D eigenvalue weighted by Gasteiger charge is 2.22. The minimum atomic E-state index is 0.320. The molecule has 0 bridgehead atoms. The first kappa shape index (κ1) is 18.7. The summed E-state index contributed by atoms with van der Waals surface area (Å²) in [4.78, 5) is 9.72. The van der Waals surface area contributed by atoms with Gasteiger partial charge in [0, 0.05) is 37.4 Å². The molecule has 2 aliphatic heterocycles. The zero-order chi connectivity index (χ0) is 17.6. The Morgan fingerprint density at radius 2 is 1.72 bits per heavy atom. The van der Waals surface area contributed by atoms with Crippen LogP contribution in [0.4, 0.5) is 0 Å². The first-order valence-electron chi connectivity index (χ1n) is 10.2. The maximum atomic E-state index is 6.11. The van der Waals surface area contributed by atoms with Crippen LogP contribution in [-0.4, -0.2) is 59.2 Å². The molecule has 0 aromatic carbocycles. The van der Waals surface area contributed by atoms with Gasteiger partial charge < -0.3 is 14.5 Å². The molecule has 0 spiro atoms. The van der Waals surface area contributed by atoms with Crippen molar-refractivity contribution in [2.24, 2.45) is 0 Å². The first-order chi connectivity index (χ1) is 12.1.